The third-order valence-corrected chi connectivity index (χ3v) is 4.18. The van der Waals surface area contributed by atoms with Crippen LogP contribution in [0, 0.1) is 5.92 Å². The minimum atomic E-state index is 0. The lowest BCUT2D eigenvalue weighted by Crippen LogP contribution is -2.39. The molecule has 23 heavy (non-hydrogen) atoms. The van der Waals surface area contributed by atoms with Gasteiger partial charge < -0.3 is 15.0 Å². The molecule has 1 aliphatic rings. The number of halogens is 1. The highest BCUT2D eigenvalue weighted by atomic mass is 35.5. The van der Waals surface area contributed by atoms with Crippen LogP contribution >= 0.6 is 12.4 Å². The van der Waals surface area contributed by atoms with Gasteiger partial charge in [-0.3, -0.25) is 4.79 Å². The molecule has 1 heterocycles. The molecule has 1 saturated heterocycles. The fourth-order valence-electron chi connectivity index (χ4n) is 2.94. The fourth-order valence-corrected chi connectivity index (χ4v) is 2.94. The average Bonchev–Trinajstić information content (AvgIpc) is 2.53. The average molecular weight is 341 g/mol. The smallest absolute Gasteiger partial charge is 0.257 e. The molecule has 0 bridgehead atoms. The van der Waals surface area contributed by atoms with E-state index in [1.807, 2.05) is 50.1 Å². The Labute approximate surface area is 146 Å². The summed E-state index contributed by atoms with van der Waals surface area (Å²) in [4.78, 5) is 14.7. The third kappa shape index (κ3) is 5.70. The predicted molar refractivity (Wildman–Crippen MR) is 96.6 cm³/mol. The van der Waals surface area contributed by atoms with Gasteiger partial charge in [0, 0.05) is 13.1 Å². The maximum absolute atomic E-state index is 12.8. The largest absolute Gasteiger partial charge is 0.490 e. The van der Waals surface area contributed by atoms with Crippen LogP contribution in [0.25, 0.3) is 0 Å². The number of hydrogen-bond acceptors (Lipinski definition) is 3. The quantitative estimate of drug-likeness (QED) is 0.863. The maximum Gasteiger partial charge on any atom is 0.257 e. The molecule has 1 amide bonds. The van der Waals surface area contributed by atoms with Crippen LogP contribution in [0.3, 0.4) is 0 Å². The van der Waals surface area contributed by atoms with Crippen molar-refractivity contribution in [3.8, 4) is 5.75 Å². The molecule has 0 aromatic heterocycles. The maximum atomic E-state index is 12.8. The molecule has 0 aliphatic carbocycles. The first-order valence-electron chi connectivity index (χ1n) is 8.31. The van der Waals surface area contributed by atoms with E-state index in [2.05, 4.69) is 5.32 Å². The van der Waals surface area contributed by atoms with Crippen molar-refractivity contribution >= 4 is 18.3 Å². The van der Waals surface area contributed by atoms with Crippen LogP contribution in [0.5, 0.6) is 5.75 Å². The molecule has 130 valence electrons. The zero-order valence-electron chi connectivity index (χ0n) is 14.4. The number of nitrogens with one attached hydrogen (secondary N) is 1. The summed E-state index contributed by atoms with van der Waals surface area (Å²) in [7, 11) is 1.99. The highest BCUT2D eigenvalue weighted by Crippen LogP contribution is 2.25. The van der Waals surface area contributed by atoms with E-state index < -0.39 is 0 Å². The number of carbonyl (C=O) groups is 1. The zero-order valence-corrected chi connectivity index (χ0v) is 15.2. The molecule has 1 N–H and O–H groups in total. The van der Waals surface area contributed by atoms with Gasteiger partial charge in [0.2, 0.25) is 0 Å². The summed E-state index contributed by atoms with van der Waals surface area (Å²) in [6.07, 6.45) is 3.47. The first-order valence-corrected chi connectivity index (χ1v) is 8.31. The van der Waals surface area contributed by atoms with Gasteiger partial charge in [-0.1, -0.05) is 12.1 Å². The molecule has 1 aromatic carbocycles. The summed E-state index contributed by atoms with van der Waals surface area (Å²) in [6, 6.07) is 7.57. The van der Waals surface area contributed by atoms with Crippen molar-refractivity contribution in [1.82, 2.24) is 10.2 Å². The molecule has 2 rings (SSSR count). The van der Waals surface area contributed by atoms with Gasteiger partial charge in [0.1, 0.15) is 5.75 Å². The first kappa shape index (κ1) is 19.8. The number of amides is 1. The van der Waals surface area contributed by atoms with Gasteiger partial charge in [-0.05, 0) is 64.8 Å². The predicted octanol–water partition coefficient (Wildman–Crippen LogP) is 3.36. The zero-order chi connectivity index (χ0) is 15.9. The number of benzene rings is 1. The second kappa shape index (κ2) is 9.78. The number of hydrogen-bond donors (Lipinski definition) is 1. The van der Waals surface area contributed by atoms with Gasteiger partial charge in [-0.2, -0.15) is 0 Å². The second-order valence-corrected chi connectivity index (χ2v) is 6.29. The minimum Gasteiger partial charge on any atom is -0.490 e. The van der Waals surface area contributed by atoms with Crippen molar-refractivity contribution in [2.45, 2.75) is 39.2 Å². The molecule has 4 nitrogen and oxygen atoms in total. The monoisotopic (exact) mass is 340 g/mol. The van der Waals surface area contributed by atoms with Crippen LogP contribution in [0.1, 0.15) is 43.5 Å². The van der Waals surface area contributed by atoms with E-state index in [1.165, 1.54) is 6.42 Å². The molecular weight excluding hydrogens is 312 g/mol. The number of para-hydroxylation sites is 1. The van der Waals surface area contributed by atoms with Crippen molar-refractivity contribution in [2.24, 2.45) is 5.92 Å². The van der Waals surface area contributed by atoms with Crippen LogP contribution in [0.15, 0.2) is 24.3 Å². The number of rotatable bonds is 6. The van der Waals surface area contributed by atoms with E-state index >= 15 is 0 Å². The first-order chi connectivity index (χ1) is 10.6. The van der Waals surface area contributed by atoms with E-state index in [0.29, 0.717) is 11.3 Å². The van der Waals surface area contributed by atoms with Gasteiger partial charge in [0.25, 0.3) is 5.91 Å². The number of likely N-dealkylation sites (tertiary alicyclic amines) is 1. The lowest BCUT2D eigenvalue weighted by molar-refractivity contribution is 0.0681. The van der Waals surface area contributed by atoms with Crippen LogP contribution in [0.2, 0.25) is 0 Å². The van der Waals surface area contributed by atoms with E-state index in [9.17, 15) is 4.79 Å². The van der Waals surface area contributed by atoms with Crippen molar-refractivity contribution in [1.29, 1.82) is 0 Å². The van der Waals surface area contributed by atoms with E-state index in [0.717, 1.165) is 38.4 Å². The van der Waals surface area contributed by atoms with Crippen LogP contribution in [-0.2, 0) is 0 Å². The molecule has 0 spiro atoms. The Morgan fingerprint density at radius 2 is 1.96 bits per heavy atom. The number of nitrogens with zero attached hydrogens (tertiary/aromatic N) is 1. The Bertz CT molecular complexity index is 486. The van der Waals surface area contributed by atoms with Crippen LogP contribution in [-0.4, -0.2) is 43.6 Å². The Balaban J connectivity index is 0.00000264. The van der Waals surface area contributed by atoms with Crippen LogP contribution < -0.4 is 10.1 Å². The third-order valence-electron chi connectivity index (χ3n) is 4.18. The van der Waals surface area contributed by atoms with Crippen molar-refractivity contribution in [3.05, 3.63) is 29.8 Å². The molecule has 0 radical (unpaired) electrons. The summed E-state index contributed by atoms with van der Waals surface area (Å²) >= 11 is 0. The van der Waals surface area contributed by atoms with Crippen molar-refractivity contribution < 1.29 is 9.53 Å². The Morgan fingerprint density at radius 3 is 2.57 bits per heavy atom. The Morgan fingerprint density at radius 1 is 1.30 bits per heavy atom. The number of piperidine rings is 1. The molecule has 1 aromatic rings. The van der Waals surface area contributed by atoms with Crippen molar-refractivity contribution in [3.63, 3.8) is 0 Å². The highest BCUT2D eigenvalue weighted by molar-refractivity contribution is 5.97. The molecular formula is C18H29ClN2O2. The summed E-state index contributed by atoms with van der Waals surface area (Å²) in [5, 5.41) is 3.20. The van der Waals surface area contributed by atoms with Crippen LogP contribution in [0.4, 0.5) is 0 Å². The summed E-state index contributed by atoms with van der Waals surface area (Å²) in [5.74, 6) is 1.53. The Kier molecular flexibility index (Phi) is 8.42. The molecule has 0 saturated carbocycles. The summed E-state index contributed by atoms with van der Waals surface area (Å²) < 4.78 is 5.78. The standard InChI is InChI=1S/C18H28N2O2.ClH/c1-14(2)22-17-7-5-4-6-16(17)18(21)20-12-9-15(10-13-20)8-11-19-3;/h4-7,14-15,19H,8-13H2,1-3H3;1H. The minimum absolute atomic E-state index is 0. The second-order valence-electron chi connectivity index (χ2n) is 6.29. The number of carbonyl (C=O) groups excluding carboxylic acids is 1. The lowest BCUT2D eigenvalue weighted by atomic mass is 9.93. The summed E-state index contributed by atoms with van der Waals surface area (Å²) in [6.45, 7) is 6.72. The molecule has 0 atom stereocenters. The fraction of sp³-hybridized carbons (Fsp3) is 0.611. The SMILES string of the molecule is CNCCC1CCN(C(=O)c2ccccc2OC(C)C)CC1.Cl. The lowest BCUT2D eigenvalue weighted by Gasteiger charge is -2.32. The van der Waals surface area contributed by atoms with Gasteiger partial charge in [-0.25, -0.2) is 0 Å². The van der Waals surface area contributed by atoms with E-state index in [-0.39, 0.29) is 24.4 Å². The topological polar surface area (TPSA) is 41.6 Å². The van der Waals surface area contributed by atoms with E-state index in [4.69, 9.17) is 4.74 Å². The molecule has 5 heteroatoms. The molecule has 0 unspecified atom stereocenters. The van der Waals surface area contributed by atoms with Crippen molar-refractivity contribution in [2.75, 3.05) is 26.7 Å². The highest BCUT2D eigenvalue weighted by Gasteiger charge is 2.25. The number of ether oxygens (including phenoxy) is 1. The normalized spacial score (nSPS) is 15.4. The Hall–Kier alpha value is -1.26. The molecule has 1 aliphatic heterocycles. The van der Waals surface area contributed by atoms with Gasteiger partial charge in [-0.15, -0.1) is 12.4 Å². The van der Waals surface area contributed by atoms with Gasteiger partial charge >= 0.3 is 0 Å². The van der Waals surface area contributed by atoms with E-state index in [1.54, 1.807) is 0 Å². The summed E-state index contributed by atoms with van der Waals surface area (Å²) in [5.41, 5.74) is 0.685. The molecule has 1 fully saturated rings. The van der Waals surface area contributed by atoms with Gasteiger partial charge in [0.15, 0.2) is 0 Å². The van der Waals surface area contributed by atoms with Gasteiger partial charge in [0.05, 0.1) is 11.7 Å².